The van der Waals surface area contributed by atoms with Gasteiger partial charge in [0, 0.05) is 15.7 Å². The van der Waals surface area contributed by atoms with Gasteiger partial charge in [0.15, 0.2) is 0 Å². The van der Waals surface area contributed by atoms with Crippen LogP contribution < -0.4 is 0 Å². The first kappa shape index (κ1) is 13.6. The molecule has 0 heterocycles. The van der Waals surface area contributed by atoms with E-state index < -0.39 is 5.60 Å². The van der Waals surface area contributed by atoms with Gasteiger partial charge >= 0.3 is 0 Å². The first-order chi connectivity index (χ1) is 7.42. The average Bonchev–Trinajstić information content (AvgIpc) is 2.20. The minimum atomic E-state index is -0.764. The number of hydrogen-bond acceptors (Lipinski definition) is 2. The third-order valence-electron chi connectivity index (χ3n) is 2.59. The number of benzene rings is 1. The van der Waals surface area contributed by atoms with Gasteiger partial charge in [-0.3, -0.25) is 0 Å². The fourth-order valence-corrected chi connectivity index (χ4v) is 2.30. The Balaban J connectivity index is 2.41. The van der Waals surface area contributed by atoms with Crippen LogP contribution in [-0.4, -0.2) is 16.5 Å². The Bertz CT molecular complexity index is 357. The molecule has 1 rings (SSSR count). The maximum absolute atomic E-state index is 9.98. The lowest BCUT2D eigenvalue weighted by molar-refractivity contribution is 0.0964. The fourth-order valence-electron chi connectivity index (χ4n) is 1.11. The minimum absolute atomic E-state index is 0.704. The summed E-state index contributed by atoms with van der Waals surface area (Å²) in [5, 5.41) is 10.7. The first-order valence-electron chi connectivity index (χ1n) is 5.18. The summed E-state index contributed by atoms with van der Waals surface area (Å²) in [5.41, 5.74) is 0.0450. The third kappa shape index (κ3) is 4.20. The molecule has 0 bridgehead atoms. The van der Waals surface area contributed by atoms with E-state index in [-0.39, 0.29) is 0 Å². The molecule has 0 aromatic heterocycles. The smallest absolute Gasteiger partial charge is 0.0831 e. The van der Waals surface area contributed by atoms with Gasteiger partial charge in [-0.15, -0.1) is 11.8 Å². The summed E-state index contributed by atoms with van der Waals surface area (Å²) in [6.07, 6.45) is 0.704. The third-order valence-corrected chi connectivity index (χ3v) is 3.86. The van der Waals surface area contributed by atoms with Crippen LogP contribution in [0.15, 0.2) is 41.3 Å². The number of thioether (sulfide) groups is 1. The molecule has 16 heavy (non-hydrogen) atoms. The molecule has 0 radical (unpaired) electrons. The molecule has 0 aliphatic carbocycles. The van der Waals surface area contributed by atoms with E-state index >= 15 is 0 Å². The standard InChI is InChI=1S/C13H17ClOS/c1-10(2)13(3,15)8-9-16-12-6-4-11(14)5-7-12/h4-7,15H,1,8-9H2,2-3H3/t13-/m1/s1. The Hall–Kier alpha value is -0.440. The summed E-state index contributed by atoms with van der Waals surface area (Å²) in [5.74, 6) is 0.863. The van der Waals surface area contributed by atoms with Crippen LogP contribution in [0.3, 0.4) is 0 Å². The van der Waals surface area contributed by atoms with E-state index in [4.69, 9.17) is 11.6 Å². The molecule has 1 aromatic rings. The summed E-state index contributed by atoms with van der Waals surface area (Å²) in [6, 6.07) is 7.73. The zero-order valence-corrected chi connectivity index (χ0v) is 11.2. The van der Waals surface area contributed by atoms with Crippen molar-refractivity contribution in [1.82, 2.24) is 0 Å². The van der Waals surface area contributed by atoms with Crippen molar-refractivity contribution in [1.29, 1.82) is 0 Å². The summed E-state index contributed by atoms with van der Waals surface area (Å²) in [7, 11) is 0. The Morgan fingerprint density at radius 2 is 2.00 bits per heavy atom. The quantitative estimate of drug-likeness (QED) is 0.631. The molecule has 3 heteroatoms. The highest BCUT2D eigenvalue weighted by molar-refractivity contribution is 7.99. The van der Waals surface area contributed by atoms with Gasteiger partial charge in [-0.25, -0.2) is 0 Å². The van der Waals surface area contributed by atoms with Crippen LogP contribution in [-0.2, 0) is 0 Å². The SMILES string of the molecule is C=C(C)[C@](C)(O)CCSc1ccc(Cl)cc1. The number of aliphatic hydroxyl groups is 1. The molecular weight excluding hydrogens is 240 g/mol. The molecule has 1 atom stereocenters. The molecule has 0 unspecified atom stereocenters. The van der Waals surface area contributed by atoms with Gasteiger partial charge in [0.05, 0.1) is 5.60 Å². The van der Waals surface area contributed by atoms with Crippen LogP contribution in [0.5, 0.6) is 0 Å². The van der Waals surface area contributed by atoms with Crippen molar-refractivity contribution >= 4 is 23.4 Å². The second kappa shape index (κ2) is 5.76. The van der Waals surface area contributed by atoms with Crippen LogP contribution in [0.25, 0.3) is 0 Å². The Kier molecular flexibility index (Phi) is 4.90. The largest absolute Gasteiger partial charge is 0.386 e. The van der Waals surface area contributed by atoms with Gasteiger partial charge in [0.25, 0.3) is 0 Å². The van der Waals surface area contributed by atoms with Crippen molar-refractivity contribution in [3.63, 3.8) is 0 Å². The normalized spacial score (nSPS) is 14.5. The molecule has 0 amide bonds. The van der Waals surface area contributed by atoms with Crippen molar-refractivity contribution in [3.05, 3.63) is 41.4 Å². The van der Waals surface area contributed by atoms with Crippen LogP contribution >= 0.6 is 23.4 Å². The molecule has 88 valence electrons. The van der Waals surface area contributed by atoms with E-state index in [1.807, 2.05) is 31.2 Å². The van der Waals surface area contributed by atoms with Gasteiger partial charge in [-0.1, -0.05) is 18.2 Å². The van der Waals surface area contributed by atoms with E-state index in [0.717, 1.165) is 16.3 Å². The highest BCUT2D eigenvalue weighted by Crippen LogP contribution is 2.25. The minimum Gasteiger partial charge on any atom is -0.386 e. The van der Waals surface area contributed by atoms with Crippen molar-refractivity contribution in [2.45, 2.75) is 30.8 Å². The summed E-state index contributed by atoms with van der Waals surface area (Å²) >= 11 is 7.51. The highest BCUT2D eigenvalue weighted by Gasteiger charge is 2.20. The van der Waals surface area contributed by atoms with E-state index in [2.05, 4.69) is 6.58 Å². The monoisotopic (exact) mass is 256 g/mol. The maximum Gasteiger partial charge on any atom is 0.0831 e. The predicted molar refractivity (Wildman–Crippen MR) is 72.2 cm³/mol. The molecule has 1 N–H and O–H groups in total. The number of halogens is 1. The maximum atomic E-state index is 9.98. The Labute approximate surface area is 107 Å². The van der Waals surface area contributed by atoms with Crippen LogP contribution in [0.2, 0.25) is 5.02 Å². The Morgan fingerprint density at radius 3 is 2.50 bits per heavy atom. The summed E-state index contributed by atoms with van der Waals surface area (Å²) in [4.78, 5) is 1.17. The Morgan fingerprint density at radius 1 is 1.44 bits per heavy atom. The van der Waals surface area contributed by atoms with Gasteiger partial charge in [0.1, 0.15) is 0 Å². The number of rotatable bonds is 5. The van der Waals surface area contributed by atoms with E-state index in [9.17, 15) is 5.11 Å². The van der Waals surface area contributed by atoms with Crippen LogP contribution in [0.1, 0.15) is 20.3 Å². The van der Waals surface area contributed by atoms with E-state index in [1.165, 1.54) is 4.90 Å². The second-order valence-electron chi connectivity index (χ2n) is 4.11. The van der Waals surface area contributed by atoms with Gasteiger partial charge in [0.2, 0.25) is 0 Å². The fraction of sp³-hybridized carbons (Fsp3) is 0.385. The topological polar surface area (TPSA) is 20.2 Å². The predicted octanol–water partition coefficient (Wildman–Crippen LogP) is 4.15. The second-order valence-corrected chi connectivity index (χ2v) is 5.71. The van der Waals surface area contributed by atoms with Crippen molar-refractivity contribution in [2.24, 2.45) is 0 Å². The van der Waals surface area contributed by atoms with Gasteiger partial charge in [-0.05, 0) is 50.1 Å². The molecule has 0 saturated carbocycles. The first-order valence-corrected chi connectivity index (χ1v) is 6.55. The highest BCUT2D eigenvalue weighted by atomic mass is 35.5. The lowest BCUT2D eigenvalue weighted by Crippen LogP contribution is -2.25. The van der Waals surface area contributed by atoms with E-state index in [1.54, 1.807) is 18.7 Å². The molecule has 0 spiro atoms. The summed E-state index contributed by atoms with van der Waals surface area (Å²) in [6.45, 7) is 7.44. The van der Waals surface area contributed by atoms with Gasteiger partial charge in [-0.2, -0.15) is 0 Å². The molecule has 0 aliphatic heterocycles. The molecule has 0 saturated heterocycles. The lowest BCUT2D eigenvalue weighted by atomic mass is 9.96. The average molecular weight is 257 g/mol. The molecule has 0 aliphatic rings. The van der Waals surface area contributed by atoms with Gasteiger partial charge < -0.3 is 5.11 Å². The van der Waals surface area contributed by atoms with E-state index in [0.29, 0.717) is 6.42 Å². The molecular formula is C13H17ClOS. The van der Waals surface area contributed by atoms with Crippen LogP contribution in [0, 0.1) is 0 Å². The van der Waals surface area contributed by atoms with Crippen molar-refractivity contribution in [3.8, 4) is 0 Å². The van der Waals surface area contributed by atoms with Crippen molar-refractivity contribution < 1.29 is 5.11 Å². The van der Waals surface area contributed by atoms with Crippen LogP contribution in [0.4, 0.5) is 0 Å². The summed E-state index contributed by atoms with van der Waals surface area (Å²) < 4.78 is 0. The zero-order valence-electron chi connectivity index (χ0n) is 9.66. The molecule has 1 nitrogen and oxygen atoms in total. The lowest BCUT2D eigenvalue weighted by Gasteiger charge is -2.23. The molecule has 1 aromatic carbocycles. The number of hydrogen-bond donors (Lipinski definition) is 1. The zero-order chi connectivity index (χ0) is 12.2. The van der Waals surface area contributed by atoms with Crippen molar-refractivity contribution in [2.75, 3.05) is 5.75 Å². The molecule has 0 fully saturated rings.